The normalized spacial score (nSPS) is 17.2. The summed E-state index contributed by atoms with van der Waals surface area (Å²) in [7, 11) is 0. The molecule has 3 aromatic rings. The molecule has 194 valence electrons. The molecule has 1 atom stereocenters. The minimum absolute atomic E-state index is 0.0849. The topological polar surface area (TPSA) is 49.9 Å². The summed E-state index contributed by atoms with van der Waals surface area (Å²) in [6.45, 7) is 3.63. The first-order chi connectivity index (χ1) is 18.0. The monoisotopic (exact) mass is 506 g/mol. The number of rotatable bonds is 4. The smallest absolute Gasteiger partial charge is 0.257 e. The van der Waals surface area contributed by atoms with Gasteiger partial charge in [-0.1, -0.05) is 42.5 Å². The molecule has 0 spiro atoms. The third-order valence-electron chi connectivity index (χ3n) is 6.72. The van der Waals surface area contributed by atoms with Gasteiger partial charge >= 0.3 is 0 Å². The molecule has 37 heavy (non-hydrogen) atoms. The second-order valence-electron chi connectivity index (χ2n) is 9.22. The van der Waals surface area contributed by atoms with E-state index in [1.54, 1.807) is 28.0 Å². The SMILES string of the molecule is CCN1CCCCCN(C(=O)c2ccc(F)cc2F)[C@H](Cc2ccccc2)COc2ccccc2C1=O. The summed E-state index contributed by atoms with van der Waals surface area (Å²) in [6.07, 6.45) is 2.73. The highest BCUT2D eigenvalue weighted by molar-refractivity contribution is 5.97. The van der Waals surface area contributed by atoms with E-state index in [1.807, 2.05) is 43.3 Å². The zero-order valence-electron chi connectivity index (χ0n) is 21.0. The van der Waals surface area contributed by atoms with Crippen LogP contribution >= 0.6 is 0 Å². The summed E-state index contributed by atoms with van der Waals surface area (Å²) < 4.78 is 34.5. The third kappa shape index (κ3) is 6.53. The number of benzene rings is 3. The van der Waals surface area contributed by atoms with Gasteiger partial charge in [0.2, 0.25) is 0 Å². The first kappa shape index (κ1) is 26.3. The van der Waals surface area contributed by atoms with Crippen molar-refractivity contribution >= 4 is 11.8 Å². The predicted molar refractivity (Wildman–Crippen MR) is 139 cm³/mol. The minimum atomic E-state index is -0.887. The van der Waals surface area contributed by atoms with Gasteiger partial charge in [0, 0.05) is 25.7 Å². The van der Waals surface area contributed by atoms with Gasteiger partial charge in [-0.05, 0) is 62.4 Å². The molecule has 1 aliphatic rings. The summed E-state index contributed by atoms with van der Waals surface area (Å²) in [5.41, 5.74) is 1.31. The Kier molecular flexibility index (Phi) is 8.88. The lowest BCUT2D eigenvalue weighted by Gasteiger charge is -2.32. The molecule has 0 bridgehead atoms. The number of carbonyl (C=O) groups excluding carboxylic acids is 2. The van der Waals surface area contributed by atoms with Crippen molar-refractivity contribution < 1.29 is 23.1 Å². The second-order valence-corrected chi connectivity index (χ2v) is 9.22. The van der Waals surface area contributed by atoms with Crippen molar-refractivity contribution in [2.75, 3.05) is 26.2 Å². The molecule has 0 aliphatic carbocycles. The third-order valence-corrected chi connectivity index (χ3v) is 6.72. The molecular formula is C30H32F2N2O3. The molecule has 0 unspecified atom stereocenters. The van der Waals surface area contributed by atoms with Crippen LogP contribution in [0.2, 0.25) is 0 Å². The van der Waals surface area contributed by atoms with Gasteiger partial charge in [-0.3, -0.25) is 9.59 Å². The van der Waals surface area contributed by atoms with E-state index in [0.717, 1.165) is 30.5 Å². The number of ether oxygens (including phenoxy) is 1. The fraction of sp³-hybridized carbons (Fsp3) is 0.333. The molecule has 1 heterocycles. The van der Waals surface area contributed by atoms with Crippen LogP contribution in [0.1, 0.15) is 52.5 Å². The summed E-state index contributed by atoms with van der Waals surface area (Å²) in [5, 5.41) is 0. The molecule has 0 N–H and O–H groups in total. The average molecular weight is 507 g/mol. The fourth-order valence-electron chi connectivity index (χ4n) is 4.70. The van der Waals surface area contributed by atoms with Crippen molar-refractivity contribution in [3.05, 3.63) is 101 Å². The Bertz CT molecular complexity index is 1220. The van der Waals surface area contributed by atoms with Crippen molar-refractivity contribution in [2.45, 2.75) is 38.6 Å². The van der Waals surface area contributed by atoms with Crippen molar-refractivity contribution in [1.82, 2.24) is 9.80 Å². The van der Waals surface area contributed by atoms with Crippen LogP contribution in [0.15, 0.2) is 72.8 Å². The van der Waals surface area contributed by atoms with Gasteiger partial charge in [-0.25, -0.2) is 8.78 Å². The second kappa shape index (κ2) is 12.5. The van der Waals surface area contributed by atoms with Crippen molar-refractivity contribution in [2.24, 2.45) is 0 Å². The van der Waals surface area contributed by atoms with Crippen LogP contribution in [0.5, 0.6) is 5.75 Å². The standard InChI is InChI=1S/C30H32F2N2O3/c1-2-33-17-9-4-10-18-34(30(36)25-16-15-23(31)20-27(25)32)24(19-22-11-5-3-6-12-22)21-37-28-14-8-7-13-26(28)29(33)35/h3,5-8,11-16,20,24H,2,4,9-10,17-19,21H2,1H3/t24-/m1/s1. The maximum Gasteiger partial charge on any atom is 0.257 e. The van der Waals surface area contributed by atoms with Crippen molar-refractivity contribution in [3.8, 4) is 5.75 Å². The fourth-order valence-corrected chi connectivity index (χ4v) is 4.70. The van der Waals surface area contributed by atoms with Gasteiger partial charge < -0.3 is 14.5 Å². The molecule has 2 amide bonds. The van der Waals surface area contributed by atoms with E-state index in [4.69, 9.17) is 4.74 Å². The zero-order valence-corrected chi connectivity index (χ0v) is 21.0. The quantitative estimate of drug-likeness (QED) is 0.453. The predicted octanol–water partition coefficient (Wildman–Crippen LogP) is 5.74. The molecule has 5 nitrogen and oxygen atoms in total. The Hall–Kier alpha value is -3.74. The summed E-state index contributed by atoms with van der Waals surface area (Å²) in [6, 6.07) is 19.4. The van der Waals surface area contributed by atoms with E-state index < -0.39 is 23.6 Å². The molecule has 0 saturated heterocycles. The average Bonchev–Trinajstić information content (AvgIpc) is 2.91. The maximum atomic E-state index is 14.7. The number of nitrogens with zero attached hydrogens (tertiary/aromatic N) is 2. The van der Waals surface area contributed by atoms with E-state index in [9.17, 15) is 18.4 Å². The van der Waals surface area contributed by atoms with Gasteiger partial charge in [0.1, 0.15) is 24.0 Å². The van der Waals surface area contributed by atoms with E-state index in [0.29, 0.717) is 43.8 Å². The number of carbonyl (C=O) groups is 2. The van der Waals surface area contributed by atoms with Crippen LogP contribution in [-0.2, 0) is 6.42 Å². The summed E-state index contributed by atoms with van der Waals surface area (Å²) >= 11 is 0. The number of halogens is 2. The minimum Gasteiger partial charge on any atom is -0.491 e. The number of hydrogen-bond acceptors (Lipinski definition) is 3. The van der Waals surface area contributed by atoms with Crippen LogP contribution in [0.25, 0.3) is 0 Å². The van der Waals surface area contributed by atoms with Gasteiger partial charge in [0.15, 0.2) is 0 Å². The van der Waals surface area contributed by atoms with Gasteiger partial charge in [0.05, 0.1) is 17.2 Å². The van der Waals surface area contributed by atoms with E-state index >= 15 is 0 Å². The first-order valence-corrected chi connectivity index (χ1v) is 12.8. The van der Waals surface area contributed by atoms with Crippen LogP contribution < -0.4 is 4.74 Å². The maximum absolute atomic E-state index is 14.7. The number of amides is 2. The lowest BCUT2D eigenvalue weighted by atomic mass is 10.0. The van der Waals surface area contributed by atoms with Crippen molar-refractivity contribution in [1.29, 1.82) is 0 Å². The molecule has 3 aromatic carbocycles. The van der Waals surface area contributed by atoms with Crippen LogP contribution in [0.3, 0.4) is 0 Å². The van der Waals surface area contributed by atoms with E-state index in [2.05, 4.69) is 0 Å². The molecule has 4 rings (SSSR count). The Morgan fingerprint density at radius 3 is 2.43 bits per heavy atom. The zero-order chi connectivity index (χ0) is 26.2. The summed E-state index contributed by atoms with van der Waals surface area (Å²) in [4.78, 5) is 30.4. The number of para-hydroxylation sites is 1. The largest absolute Gasteiger partial charge is 0.491 e. The Labute approximate surface area is 216 Å². The van der Waals surface area contributed by atoms with Gasteiger partial charge in [-0.15, -0.1) is 0 Å². The molecular weight excluding hydrogens is 474 g/mol. The highest BCUT2D eigenvalue weighted by Gasteiger charge is 2.29. The molecule has 0 fully saturated rings. The van der Waals surface area contributed by atoms with Crippen LogP contribution in [0.4, 0.5) is 8.78 Å². The van der Waals surface area contributed by atoms with Crippen LogP contribution in [-0.4, -0.2) is 53.9 Å². The highest BCUT2D eigenvalue weighted by Crippen LogP contribution is 2.24. The lowest BCUT2D eigenvalue weighted by Crippen LogP contribution is -2.46. The van der Waals surface area contributed by atoms with Crippen LogP contribution in [0, 0.1) is 11.6 Å². The number of hydrogen-bond donors (Lipinski definition) is 0. The van der Waals surface area contributed by atoms with E-state index in [1.165, 1.54) is 6.07 Å². The van der Waals surface area contributed by atoms with E-state index in [-0.39, 0.29) is 18.1 Å². The number of fused-ring (bicyclic) bond motifs is 1. The van der Waals surface area contributed by atoms with Gasteiger partial charge in [0.25, 0.3) is 11.8 Å². The Morgan fingerprint density at radius 1 is 0.946 bits per heavy atom. The first-order valence-electron chi connectivity index (χ1n) is 12.8. The molecule has 0 saturated carbocycles. The Balaban J connectivity index is 1.71. The molecule has 1 aliphatic heterocycles. The highest BCUT2D eigenvalue weighted by atomic mass is 19.1. The summed E-state index contributed by atoms with van der Waals surface area (Å²) in [5.74, 6) is -1.76. The lowest BCUT2D eigenvalue weighted by molar-refractivity contribution is 0.0600. The Morgan fingerprint density at radius 2 is 1.68 bits per heavy atom. The molecule has 0 aromatic heterocycles. The van der Waals surface area contributed by atoms with Gasteiger partial charge in [-0.2, -0.15) is 0 Å². The molecule has 0 radical (unpaired) electrons. The molecule has 7 heteroatoms. The van der Waals surface area contributed by atoms with Crippen molar-refractivity contribution in [3.63, 3.8) is 0 Å².